The topological polar surface area (TPSA) is 75.2 Å². The van der Waals surface area contributed by atoms with E-state index in [0.29, 0.717) is 30.0 Å². The lowest BCUT2D eigenvalue weighted by atomic mass is 10.1. The summed E-state index contributed by atoms with van der Waals surface area (Å²) in [6.45, 7) is 2.73. The van der Waals surface area contributed by atoms with Crippen molar-refractivity contribution >= 4 is 11.8 Å². The van der Waals surface area contributed by atoms with Gasteiger partial charge < -0.3 is 10.2 Å². The van der Waals surface area contributed by atoms with E-state index < -0.39 is 0 Å². The molecule has 0 radical (unpaired) electrons. The fraction of sp³-hybridized carbons (Fsp3) is 0.280. The van der Waals surface area contributed by atoms with Crippen LogP contribution in [0.5, 0.6) is 0 Å². The Hall–Kier alpha value is -3.61. The van der Waals surface area contributed by atoms with Gasteiger partial charge in [-0.05, 0) is 43.0 Å². The fourth-order valence-electron chi connectivity index (χ4n) is 3.95. The van der Waals surface area contributed by atoms with Crippen LogP contribution in [0.4, 0.5) is 4.39 Å². The Morgan fingerprint density at radius 3 is 2.56 bits per heavy atom. The highest BCUT2D eigenvalue weighted by molar-refractivity contribution is 5.94. The van der Waals surface area contributed by atoms with Gasteiger partial charge in [0.25, 0.3) is 5.91 Å². The number of carbonyl (C=O) groups excluding carboxylic acids is 2. The third-order valence-electron chi connectivity index (χ3n) is 5.68. The van der Waals surface area contributed by atoms with Crippen molar-refractivity contribution in [3.8, 4) is 0 Å². The Balaban J connectivity index is 1.42. The number of hydrogen-bond donors (Lipinski definition) is 1. The average Bonchev–Trinajstić information content (AvgIpc) is 3.29. The van der Waals surface area contributed by atoms with Crippen LogP contribution < -0.4 is 5.32 Å². The molecule has 1 fully saturated rings. The minimum atomic E-state index is -0.317. The predicted molar refractivity (Wildman–Crippen MR) is 118 cm³/mol. The molecule has 0 aliphatic carbocycles. The predicted octanol–water partition coefficient (Wildman–Crippen LogP) is 3.76. The molecule has 2 heterocycles. The van der Waals surface area contributed by atoms with Gasteiger partial charge in [-0.15, -0.1) is 0 Å². The molecule has 1 N–H and O–H groups in total. The summed E-state index contributed by atoms with van der Waals surface area (Å²) in [5.41, 5.74) is 2.73. The molecule has 1 atom stereocenters. The molecule has 1 aromatic heterocycles. The molecule has 3 aromatic rings. The van der Waals surface area contributed by atoms with Crippen molar-refractivity contribution in [2.24, 2.45) is 0 Å². The van der Waals surface area contributed by atoms with E-state index in [2.05, 4.69) is 15.3 Å². The lowest BCUT2D eigenvalue weighted by molar-refractivity contribution is -0.131. The highest BCUT2D eigenvalue weighted by atomic mass is 19.1. The minimum absolute atomic E-state index is 0.0565. The molecule has 2 aromatic carbocycles. The quantitative estimate of drug-likeness (QED) is 0.644. The summed E-state index contributed by atoms with van der Waals surface area (Å²) < 4.78 is 13.0. The number of halogens is 1. The normalized spacial score (nSPS) is 15.6. The van der Waals surface area contributed by atoms with E-state index in [-0.39, 0.29) is 30.2 Å². The van der Waals surface area contributed by atoms with Gasteiger partial charge in [0.2, 0.25) is 5.91 Å². The van der Waals surface area contributed by atoms with Crippen LogP contribution in [0.3, 0.4) is 0 Å². The second kappa shape index (κ2) is 9.68. The summed E-state index contributed by atoms with van der Waals surface area (Å²) in [5, 5.41) is 2.81. The fourth-order valence-corrected chi connectivity index (χ4v) is 3.95. The molecule has 2 amide bonds. The van der Waals surface area contributed by atoms with Gasteiger partial charge in [-0.1, -0.05) is 42.5 Å². The number of aromatic nitrogens is 2. The number of nitrogens with one attached hydrogen (secondary N) is 1. The molecule has 4 rings (SSSR count). The number of likely N-dealkylation sites (tertiary alicyclic amines) is 1. The van der Waals surface area contributed by atoms with Crippen molar-refractivity contribution in [2.75, 3.05) is 6.54 Å². The molecule has 7 heteroatoms. The van der Waals surface area contributed by atoms with Crippen LogP contribution in [0.1, 0.15) is 51.9 Å². The van der Waals surface area contributed by atoms with E-state index in [9.17, 15) is 14.0 Å². The number of aryl methyl sites for hydroxylation is 1. The first kappa shape index (κ1) is 21.6. The molecule has 0 spiro atoms. The van der Waals surface area contributed by atoms with Gasteiger partial charge in [-0.3, -0.25) is 9.59 Å². The minimum Gasteiger partial charge on any atom is -0.348 e. The largest absolute Gasteiger partial charge is 0.348 e. The van der Waals surface area contributed by atoms with Crippen molar-refractivity contribution < 1.29 is 14.0 Å². The van der Waals surface area contributed by atoms with Crippen LogP contribution in [0.15, 0.2) is 60.8 Å². The van der Waals surface area contributed by atoms with Crippen LogP contribution in [0.2, 0.25) is 0 Å². The molecule has 1 saturated heterocycles. The molecule has 1 aliphatic rings. The zero-order valence-electron chi connectivity index (χ0n) is 17.9. The molecule has 6 nitrogen and oxygen atoms in total. The first-order valence-corrected chi connectivity index (χ1v) is 10.7. The van der Waals surface area contributed by atoms with E-state index in [0.717, 1.165) is 24.0 Å². The SMILES string of the molecule is Cc1nc(C2CCCN2C(=O)Cc2ccccc2)ncc1C(=O)NCc1ccc(F)cc1. The molecule has 32 heavy (non-hydrogen) atoms. The van der Waals surface area contributed by atoms with Crippen LogP contribution in [-0.4, -0.2) is 33.2 Å². The first-order valence-electron chi connectivity index (χ1n) is 10.7. The number of benzene rings is 2. The van der Waals surface area contributed by atoms with Crippen LogP contribution in [0, 0.1) is 12.7 Å². The standard InChI is InChI=1S/C25H25FN4O2/c1-17-21(25(32)28-15-19-9-11-20(26)12-10-19)16-27-24(29-17)22-8-5-13-30(22)23(31)14-18-6-3-2-4-7-18/h2-4,6-7,9-12,16,22H,5,8,13-15H2,1H3,(H,28,32). The molecule has 0 saturated carbocycles. The van der Waals surface area contributed by atoms with Crippen molar-refractivity contribution in [2.45, 2.75) is 38.8 Å². The monoisotopic (exact) mass is 432 g/mol. The molecule has 0 bridgehead atoms. The molecular formula is C25H25FN4O2. The Bertz CT molecular complexity index is 1100. The van der Waals surface area contributed by atoms with Gasteiger partial charge in [0.15, 0.2) is 5.82 Å². The van der Waals surface area contributed by atoms with E-state index >= 15 is 0 Å². The summed E-state index contributed by atoms with van der Waals surface area (Å²) in [7, 11) is 0. The van der Waals surface area contributed by atoms with Crippen molar-refractivity contribution in [3.05, 3.63) is 94.8 Å². The van der Waals surface area contributed by atoms with Crippen molar-refractivity contribution in [1.29, 1.82) is 0 Å². The zero-order chi connectivity index (χ0) is 22.5. The van der Waals surface area contributed by atoms with Gasteiger partial charge in [0.1, 0.15) is 5.82 Å². The Morgan fingerprint density at radius 1 is 1.09 bits per heavy atom. The maximum atomic E-state index is 13.0. The van der Waals surface area contributed by atoms with E-state index in [4.69, 9.17) is 0 Å². The summed E-state index contributed by atoms with van der Waals surface area (Å²) in [5.74, 6) is 0.0162. The summed E-state index contributed by atoms with van der Waals surface area (Å²) in [6.07, 6.45) is 3.57. The number of hydrogen-bond acceptors (Lipinski definition) is 4. The van der Waals surface area contributed by atoms with Crippen LogP contribution in [0.25, 0.3) is 0 Å². The summed E-state index contributed by atoms with van der Waals surface area (Å²) in [4.78, 5) is 36.3. The number of carbonyl (C=O) groups is 2. The zero-order valence-corrected chi connectivity index (χ0v) is 17.9. The smallest absolute Gasteiger partial charge is 0.254 e. The Morgan fingerprint density at radius 2 is 1.84 bits per heavy atom. The summed E-state index contributed by atoms with van der Waals surface area (Å²) in [6, 6.07) is 15.5. The van der Waals surface area contributed by atoms with E-state index in [1.165, 1.54) is 18.3 Å². The van der Waals surface area contributed by atoms with Gasteiger partial charge in [-0.2, -0.15) is 0 Å². The van der Waals surface area contributed by atoms with Crippen molar-refractivity contribution in [3.63, 3.8) is 0 Å². The van der Waals surface area contributed by atoms with Gasteiger partial charge in [0.05, 0.1) is 23.7 Å². The highest BCUT2D eigenvalue weighted by Gasteiger charge is 2.32. The van der Waals surface area contributed by atoms with E-state index in [1.807, 2.05) is 35.2 Å². The van der Waals surface area contributed by atoms with Gasteiger partial charge in [-0.25, -0.2) is 14.4 Å². The Kier molecular flexibility index (Phi) is 6.54. The molecule has 1 aliphatic heterocycles. The third kappa shape index (κ3) is 4.99. The lowest BCUT2D eigenvalue weighted by Crippen LogP contribution is -2.33. The number of rotatable bonds is 6. The highest BCUT2D eigenvalue weighted by Crippen LogP contribution is 2.30. The average molecular weight is 432 g/mol. The van der Waals surface area contributed by atoms with Crippen LogP contribution in [-0.2, 0) is 17.8 Å². The number of amides is 2. The summed E-state index contributed by atoms with van der Waals surface area (Å²) >= 11 is 0. The maximum Gasteiger partial charge on any atom is 0.254 e. The Labute approximate surface area is 186 Å². The van der Waals surface area contributed by atoms with Crippen LogP contribution >= 0.6 is 0 Å². The maximum absolute atomic E-state index is 13.0. The third-order valence-corrected chi connectivity index (χ3v) is 5.68. The lowest BCUT2D eigenvalue weighted by Gasteiger charge is -2.24. The van der Waals surface area contributed by atoms with Crippen molar-refractivity contribution in [1.82, 2.24) is 20.2 Å². The molecular weight excluding hydrogens is 407 g/mol. The number of nitrogens with zero attached hydrogens (tertiary/aromatic N) is 3. The van der Waals surface area contributed by atoms with Gasteiger partial charge >= 0.3 is 0 Å². The van der Waals surface area contributed by atoms with E-state index in [1.54, 1.807) is 19.1 Å². The molecule has 164 valence electrons. The second-order valence-corrected chi connectivity index (χ2v) is 7.94. The molecule has 1 unspecified atom stereocenters. The second-order valence-electron chi connectivity index (χ2n) is 7.94. The first-order chi connectivity index (χ1) is 15.5. The van der Waals surface area contributed by atoms with Gasteiger partial charge in [0, 0.05) is 19.3 Å².